The molecule has 2 aromatic rings. The third kappa shape index (κ3) is 2.71. The molecule has 0 saturated heterocycles. The lowest BCUT2D eigenvalue weighted by Gasteiger charge is -2.08. The number of hydrogen-bond acceptors (Lipinski definition) is 4. The van der Waals surface area contributed by atoms with Crippen molar-refractivity contribution in [1.29, 1.82) is 0 Å². The third-order valence-electron chi connectivity index (χ3n) is 2.11. The van der Waals surface area contributed by atoms with E-state index in [0.717, 1.165) is 0 Å². The Balaban J connectivity index is 2.13. The molecular formula is C11H9BrFN3O. The molecule has 2 rings (SSSR count). The number of ether oxygens (including phenoxy) is 1. The summed E-state index contributed by atoms with van der Waals surface area (Å²) < 4.78 is 19.2. The zero-order valence-electron chi connectivity index (χ0n) is 8.73. The van der Waals surface area contributed by atoms with Crippen LogP contribution in [0.25, 0.3) is 0 Å². The van der Waals surface area contributed by atoms with Crippen LogP contribution in [0.5, 0.6) is 5.88 Å². The summed E-state index contributed by atoms with van der Waals surface area (Å²) in [5, 5.41) is 0. The van der Waals surface area contributed by atoms with Gasteiger partial charge in [0, 0.05) is 5.56 Å². The van der Waals surface area contributed by atoms with Gasteiger partial charge in [0.25, 0.3) is 0 Å². The molecule has 6 heteroatoms. The van der Waals surface area contributed by atoms with E-state index in [-0.39, 0.29) is 18.2 Å². The van der Waals surface area contributed by atoms with Gasteiger partial charge in [0.2, 0.25) is 5.88 Å². The Morgan fingerprint density at radius 3 is 2.82 bits per heavy atom. The average molecular weight is 298 g/mol. The standard InChI is InChI=1S/C11H9BrFN3O/c12-9-10(14)15-6-16-11(9)17-5-7-3-1-2-4-8(7)13/h1-4,6H,5H2,(H2,14,15,16). The number of benzene rings is 1. The van der Waals surface area contributed by atoms with E-state index in [2.05, 4.69) is 25.9 Å². The van der Waals surface area contributed by atoms with Crippen molar-refractivity contribution in [2.24, 2.45) is 0 Å². The Morgan fingerprint density at radius 1 is 1.29 bits per heavy atom. The summed E-state index contributed by atoms with van der Waals surface area (Å²) in [4.78, 5) is 7.68. The molecule has 1 aromatic heterocycles. The SMILES string of the molecule is Nc1ncnc(OCc2ccccc2F)c1Br. The van der Waals surface area contributed by atoms with Gasteiger partial charge in [0.15, 0.2) is 0 Å². The van der Waals surface area contributed by atoms with Gasteiger partial charge in [-0.2, -0.15) is 0 Å². The summed E-state index contributed by atoms with van der Waals surface area (Å²) in [6.07, 6.45) is 1.29. The van der Waals surface area contributed by atoms with Crippen LogP contribution in [0, 0.1) is 5.82 Å². The predicted octanol–water partition coefficient (Wildman–Crippen LogP) is 2.54. The van der Waals surface area contributed by atoms with Crippen molar-refractivity contribution in [3.63, 3.8) is 0 Å². The Bertz CT molecular complexity index is 536. The fourth-order valence-corrected chi connectivity index (χ4v) is 1.55. The Kier molecular flexibility index (Phi) is 3.53. The lowest BCUT2D eigenvalue weighted by atomic mass is 10.2. The predicted molar refractivity (Wildman–Crippen MR) is 64.9 cm³/mol. The second-order valence-electron chi connectivity index (χ2n) is 3.26. The third-order valence-corrected chi connectivity index (χ3v) is 2.85. The molecule has 0 unspecified atom stereocenters. The van der Waals surface area contributed by atoms with Gasteiger partial charge < -0.3 is 10.5 Å². The molecule has 0 aliphatic carbocycles. The minimum Gasteiger partial charge on any atom is -0.472 e. The van der Waals surface area contributed by atoms with Crippen molar-refractivity contribution in [3.05, 3.63) is 46.4 Å². The molecule has 0 fully saturated rings. The van der Waals surface area contributed by atoms with E-state index in [4.69, 9.17) is 10.5 Å². The van der Waals surface area contributed by atoms with Crippen molar-refractivity contribution in [1.82, 2.24) is 9.97 Å². The highest BCUT2D eigenvalue weighted by atomic mass is 79.9. The Hall–Kier alpha value is -1.69. The summed E-state index contributed by atoms with van der Waals surface area (Å²) in [5.74, 6) is 0.259. The van der Waals surface area contributed by atoms with E-state index >= 15 is 0 Å². The van der Waals surface area contributed by atoms with Gasteiger partial charge in [0.05, 0.1) is 0 Å². The molecule has 0 amide bonds. The quantitative estimate of drug-likeness (QED) is 0.946. The maximum Gasteiger partial charge on any atom is 0.233 e. The lowest BCUT2D eigenvalue weighted by Crippen LogP contribution is -2.02. The zero-order chi connectivity index (χ0) is 12.3. The first-order valence-corrected chi connectivity index (χ1v) is 5.60. The minimum atomic E-state index is -0.314. The number of nitrogen functional groups attached to an aromatic ring is 1. The number of nitrogens with zero attached hydrogens (tertiary/aromatic N) is 2. The number of halogens is 2. The van der Waals surface area contributed by atoms with Crippen molar-refractivity contribution in [3.8, 4) is 5.88 Å². The molecule has 0 aliphatic heterocycles. The summed E-state index contributed by atoms with van der Waals surface area (Å²) >= 11 is 3.20. The normalized spacial score (nSPS) is 10.2. The van der Waals surface area contributed by atoms with Crippen molar-refractivity contribution in [2.45, 2.75) is 6.61 Å². The van der Waals surface area contributed by atoms with Crippen LogP contribution in [0.2, 0.25) is 0 Å². The van der Waals surface area contributed by atoms with Crippen molar-refractivity contribution < 1.29 is 9.13 Å². The molecule has 88 valence electrons. The van der Waals surface area contributed by atoms with Gasteiger partial charge >= 0.3 is 0 Å². The Morgan fingerprint density at radius 2 is 2.06 bits per heavy atom. The fourth-order valence-electron chi connectivity index (χ4n) is 1.23. The Labute approximate surface area is 106 Å². The minimum absolute atomic E-state index is 0.0850. The van der Waals surface area contributed by atoms with Crippen molar-refractivity contribution in [2.75, 3.05) is 5.73 Å². The summed E-state index contributed by atoms with van der Waals surface area (Å²) in [6, 6.07) is 6.39. The second kappa shape index (κ2) is 5.09. The molecule has 1 aromatic carbocycles. The van der Waals surface area contributed by atoms with E-state index in [9.17, 15) is 4.39 Å². The second-order valence-corrected chi connectivity index (χ2v) is 4.05. The van der Waals surface area contributed by atoms with Gasteiger partial charge in [-0.25, -0.2) is 14.4 Å². The summed E-state index contributed by atoms with van der Waals surface area (Å²) in [7, 11) is 0. The summed E-state index contributed by atoms with van der Waals surface area (Å²) in [6.45, 7) is 0.0850. The van der Waals surface area contributed by atoms with E-state index in [1.54, 1.807) is 18.2 Å². The average Bonchev–Trinajstić information content (AvgIpc) is 2.33. The molecule has 0 bridgehead atoms. The van der Waals surface area contributed by atoms with Gasteiger partial charge in [-0.1, -0.05) is 18.2 Å². The molecule has 0 spiro atoms. The molecule has 0 atom stereocenters. The lowest BCUT2D eigenvalue weighted by molar-refractivity contribution is 0.285. The largest absolute Gasteiger partial charge is 0.472 e. The first-order chi connectivity index (χ1) is 8.18. The van der Waals surface area contributed by atoms with Crippen molar-refractivity contribution >= 4 is 21.7 Å². The van der Waals surface area contributed by atoms with E-state index in [1.165, 1.54) is 12.4 Å². The molecule has 0 saturated carbocycles. The smallest absolute Gasteiger partial charge is 0.233 e. The van der Waals surface area contributed by atoms with Crippen LogP contribution in [0.1, 0.15) is 5.56 Å². The van der Waals surface area contributed by atoms with E-state index in [1.807, 2.05) is 0 Å². The first-order valence-electron chi connectivity index (χ1n) is 4.80. The highest BCUT2D eigenvalue weighted by Crippen LogP contribution is 2.26. The van der Waals surface area contributed by atoms with Gasteiger partial charge in [-0.15, -0.1) is 0 Å². The number of aromatic nitrogens is 2. The monoisotopic (exact) mass is 297 g/mol. The molecule has 2 N–H and O–H groups in total. The van der Waals surface area contributed by atoms with Crippen LogP contribution in [0.15, 0.2) is 35.1 Å². The molecule has 4 nitrogen and oxygen atoms in total. The van der Waals surface area contributed by atoms with E-state index in [0.29, 0.717) is 15.9 Å². The molecule has 17 heavy (non-hydrogen) atoms. The fraction of sp³-hybridized carbons (Fsp3) is 0.0909. The maximum absolute atomic E-state index is 13.3. The zero-order valence-corrected chi connectivity index (χ0v) is 10.3. The molecule has 0 radical (unpaired) electrons. The van der Waals surface area contributed by atoms with E-state index < -0.39 is 0 Å². The molecule has 1 heterocycles. The number of anilines is 1. The van der Waals surface area contributed by atoms with Gasteiger partial charge in [-0.3, -0.25) is 0 Å². The van der Waals surface area contributed by atoms with Gasteiger partial charge in [-0.05, 0) is 22.0 Å². The number of nitrogens with two attached hydrogens (primary N) is 1. The maximum atomic E-state index is 13.3. The topological polar surface area (TPSA) is 61.0 Å². The molecular weight excluding hydrogens is 289 g/mol. The van der Waals surface area contributed by atoms with Crippen LogP contribution >= 0.6 is 15.9 Å². The van der Waals surface area contributed by atoms with Crippen LogP contribution in [0.3, 0.4) is 0 Å². The first kappa shape index (κ1) is 11.8. The van der Waals surface area contributed by atoms with Gasteiger partial charge in [0.1, 0.15) is 29.0 Å². The number of hydrogen-bond donors (Lipinski definition) is 1. The summed E-state index contributed by atoms with van der Waals surface area (Å²) in [5.41, 5.74) is 6.02. The van der Waals surface area contributed by atoms with Crippen LogP contribution in [-0.2, 0) is 6.61 Å². The van der Waals surface area contributed by atoms with Crippen LogP contribution in [-0.4, -0.2) is 9.97 Å². The highest BCUT2D eigenvalue weighted by Gasteiger charge is 2.08. The number of rotatable bonds is 3. The molecule has 0 aliphatic rings. The van der Waals surface area contributed by atoms with Crippen LogP contribution in [0.4, 0.5) is 10.2 Å². The highest BCUT2D eigenvalue weighted by molar-refractivity contribution is 9.10. The van der Waals surface area contributed by atoms with Crippen LogP contribution < -0.4 is 10.5 Å².